The number of aromatic nitrogens is 2. The minimum absolute atomic E-state index is 0.291. The minimum Gasteiger partial charge on any atom is -0.384 e. The van der Waals surface area contributed by atoms with Gasteiger partial charge in [-0.05, 0) is 25.1 Å². The fourth-order valence-electron chi connectivity index (χ4n) is 1.55. The van der Waals surface area contributed by atoms with Crippen LogP contribution >= 0.6 is 0 Å². The van der Waals surface area contributed by atoms with E-state index in [4.69, 9.17) is 10.5 Å². The highest BCUT2D eigenvalue weighted by molar-refractivity contribution is 5.58. The summed E-state index contributed by atoms with van der Waals surface area (Å²) in [5.41, 5.74) is 6.29. The Morgan fingerprint density at radius 1 is 1.32 bits per heavy atom. The van der Waals surface area contributed by atoms with Gasteiger partial charge in [-0.2, -0.15) is 0 Å². The molecule has 2 rings (SSSR count). The molecule has 0 amide bonds. The van der Waals surface area contributed by atoms with Crippen LogP contribution in [0, 0.1) is 5.82 Å². The summed E-state index contributed by atoms with van der Waals surface area (Å²) in [4.78, 5) is 8.30. The number of hydrogen-bond donors (Lipinski definition) is 2. The first kappa shape index (κ1) is 13.2. The van der Waals surface area contributed by atoms with E-state index in [1.165, 1.54) is 12.1 Å². The molecule has 1 heterocycles. The number of rotatable bonds is 5. The molecule has 19 heavy (non-hydrogen) atoms. The zero-order chi connectivity index (χ0) is 13.7. The smallest absolute Gasteiger partial charge is 0.158 e. The Morgan fingerprint density at radius 3 is 2.89 bits per heavy atom. The van der Waals surface area contributed by atoms with Gasteiger partial charge in [0, 0.05) is 18.4 Å². The second-order valence-corrected chi connectivity index (χ2v) is 3.87. The first-order valence-electron chi connectivity index (χ1n) is 5.91. The lowest BCUT2D eigenvalue weighted by Crippen LogP contribution is -2.05. The van der Waals surface area contributed by atoms with Crippen molar-refractivity contribution in [3.05, 3.63) is 42.0 Å². The minimum atomic E-state index is -0.318. The van der Waals surface area contributed by atoms with Crippen LogP contribution in [0.15, 0.2) is 30.3 Å². The number of nitrogens with two attached hydrogens (primary N) is 1. The SMILES string of the molecule is CCOCc1nc(N)cc(Nc2cccc(F)c2)n1. The lowest BCUT2D eigenvalue weighted by Gasteiger charge is -2.08. The summed E-state index contributed by atoms with van der Waals surface area (Å²) < 4.78 is 18.3. The summed E-state index contributed by atoms with van der Waals surface area (Å²) in [5.74, 6) is 1.01. The third-order valence-corrected chi connectivity index (χ3v) is 2.32. The highest BCUT2D eigenvalue weighted by Gasteiger charge is 2.04. The number of nitrogens with one attached hydrogen (secondary N) is 1. The molecule has 5 nitrogen and oxygen atoms in total. The van der Waals surface area contributed by atoms with E-state index in [1.807, 2.05) is 6.92 Å². The molecule has 0 aliphatic heterocycles. The van der Waals surface area contributed by atoms with Crippen LogP contribution in [0.1, 0.15) is 12.7 Å². The number of hydrogen-bond acceptors (Lipinski definition) is 5. The van der Waals surface area contributed by atoms with E-state index < -0.39 is 0 Å². The van der Waals surface area contributed by atoms with Crippen LogP contribution in [-0.4, -0.2) is 16.6 Å². The van der Waals surface area contributed by atoms with Crippen molar-refractivity contribution in [3.8, 4) is 0 Å². The lowest BCUT2D eigenvalue weighted by atomic mass is 10.3. The van der Waals surface area contributed by atoms with Crippen LogP contribution in [0.2, 0.25) is 0 Å². The molecule has 1 aromatic heterocycles. The standard InChI is InChI=1S/C13H15FN4O/c1-2-19-8-13-17-11(15)7-12(18-13)16-10-5-3-4-9(14)6-10/h3-7H,2,8H2,1H3,(H3,15,16,17,18). The summed E-state index contributed by atoms with van der Waals surface area (Å²) >= 11 is 0. The van der Waals surface area contributed by atoms with E-state index in [2.05, 4.69) is 15.3 Å². The van der Waals surface area contributed by atoms with Gasteiger partial charge >= 0.3 is 0 Å². The predicted molar refractivity (Wildman–Crippen MR) is 71.5 cm³/mol. The van der Waals surface area contributed by atoms with Crippen LogP contribution in [0.3, 0.4) is 0 Å². The average Bonchev–Trinajstić information content (AvgIpc) is 2.35. The fraction of sp³-hybridized carbons (Fsp3) is 0.231. The van der Waals surface area contributed by atoms with Gasteiger partial charge in [-0.1, -0.05) is 6.07 Å². The van der Waals surface area contributed by atoms with Crippen LogP contribution in [0.4, 0.5) is 21.7 Å². The molecule has 6 heteroatoms. The number of nitrogen functional groups attached to an aromatic ring is 1. The maximum absolute atomic E-state index is 13.1. The Bertz CT molecular complexity index is 562. The summed E-state index contributed by atoms with van der Waals surface area (Å²) in [6, 6.07) is 7.69. The second kappa shape index (κ2) is 6.10. The molecule has 3 N–H and O–H groups in total. The molecule has 2 aromatic rings. The highest BCUT2D eigenvalue weighted by Crippen LogP contribution is 2.17. The lowest BCUT2D eigenvalue weighted by molar-refractivity contribution is 0.128. The number of halogens is 1. The molecule has 0 aliphatic carbocycles. The molecule has 0 fully saturated rings. The monoisotopic (exact) mass is 262 g/mol. The summed E-state index contributed by atoms with van der Waals surface area (Å²) in [6.07, 6.45) is 0. The third kappa shape index (κ3) is 3.89. The molecule has 0 saturated carbocycles. The van der Waals surface area contributed by atoms with Crippen LogP contribution in [0.25, 0.3) is 0 Å². The molecule has 0 spiro atoms. The van der Waals surface area contributed by atoms with E-state index >= 15 is 0 Å². The first-order valence-corrected chi connectivity index (χ1v) is 5.91. The summed E-state index contributed by atoms with van der Waals surface area (Å²) in [5, 5.41) is 2.98. The predicted octanol–water partition coefficient (Wildman–Crippen LogP) is 2.48. The summed E-state index contributed by atoms with van der Waals surface area (Å²) in [7, 11) is 0. The van der Waals surface area contributed by atoms with E-state index in [0.717, 1.165) is 0 Å². The molecule has 0 radical (unpaired) electrons. The zero-order valence-corrected chi connectivity index (χ0v) is 10.6. The zero-order valence-electron chi connectivity index (χ0n) is 10.6. The largest absolute Gasteiger partial charge is 0.384 e. The molecule has 0 saturated heterocycles. The van der Waals surface area contributed by atoms with Gasteiger partial charge in [-0.15, -0.1) is 0 Å². The van der Waals surface area contributed by atoms with Crippen LogP contribution in [0.5, 0.6) is 0 Å². The maximum atomic E-state index is 13.1. The van der Waals surface area contributed by atoms with Gasteiger partial charge in [-0.3, -0.25) is 0 Å². The molecule has 0 bridgehead atoms. The Morgan fingerprint density at radius 2 is 2.16 bits per heavy atom. The molecule has 100 valence electrons. The van der Waals surface area contributed by atoms with Gasteiger partial charge in [0.25, 0.3) is 0 Å². The van der Waals surface area contributed by atoms with Crippen molar-refractivity contribution >= 4 is 17.3 Å². The van der Waals surface area contributed by atoms with Gasteiger partial charge in [0.1, 0.15) is 24.1 Å². The molecule has 1 aromatic carbocycles. The van der Waals surface area contributed by atoms with Gasteiger partial charge in [0.05, 0.1) is 0 Å². The van der Waals surface area contributed by atoms with E-state index in [-0.39, 0.29) is 5.82 Å². The number of nitrogens with zero attached hydrogens (tertiary/aromatic N) is 2. The maximum Gasteiger partial charge on any atom is 0.158 e. The molecule has 0 unspecified atom stereocenters. The highest BCUT2D eigenvalue weighted by atomic mass is 19.1. The Balaban J connectivity index is 2.17. The number of benzene rings is 1. The van der Waals surface area contributed by atoms with Crippen molar-refractivity contribution in [3.63, 3.8) is 0 Å². The summed E-state index contributed by atoms with van der Waals surface area (Å²) in [6.45, 7) is 2.75. The fourth-order valence-corrected chi connectivity index (χ4v) is 1.55. The van der Waals surface area contributed by atoms with E-state index in [1.54, 1.807) is 18.2 Å². The molecule has 0 aliphatic rings. The van der Waals surface area contributed by atoms with Crippen LogP contribution in [-0.2, 0) is 11.3 Å². The topological polar surface area (TPSA) is 73.1 Å². The van der Waals surface area contributed by atoms with Gasteiger partial charge in [-0.25, -0.2) is 14.4 Å². The Kier molecular flexibility index (Phi) is 4.25. The normalized spacial score (nSPS) is 10.4. The van der Waals surface area contributed by atoms with Crippen molar-refractivity contribution in [2.24, 2.45) is 0 Å². The molecular formula is C13H15FN4O. The van der Waals surface area contributed by atoms with E-state index in [0.29, 0.717) is 36.4 Å². The van der Waals surface area contributed by atoms with Crippen molar-refractivity contribution in [2.45, 2.75) is 13.5 Å². The van der Waals surface area contributed by atoms with Crippen molar-refractivity contribution in [1.82, 2.24) is 9.97 Å². The molecular weight excluding hydrogens is 247 g/mol. The molecule has 0 atom stereocenters. The first-order chi connectivity index (χ1) is 9.17. The quantitative estimate of drug-likeness (QED) is 0.866. The second-order valence-electron chi connectivity index (χ2n) is 3.87. The van der Waals surface area contributed by atoms with E-state index in [9.17, 15) is 4.39 Å². The van der Waals surface area contributed by atoms with Gasteiger partial charge in [0.15, 0.2) is 5.82 Å². The average molecular weight is 262 g/mol. The Hall–Kier alpha value is -2.21. The van der Waals surface area contributed by atoms with Gasteiger partial charge in [0.2, 0.25) is 0 Å². The van der Waals surface area contributed by atoms with Gasteiger partial charge < -0.3 is 15.8 Å². The number of anilines is 3. The third-order valence-electron chi connectivity index (χ3n) is 2.32. The van der Waals surface area contributed by atoms with Crippen molar-refractivity contribution < 1.29 is 9.13 Å². The van der Waals surface area contributed by atoms with Crippen molar-refractivity contribution in [2.75, 3.05) is 17.7 Å². The number of ether oxygens (including phenoxy) is 1. The van der Waals surface area contributed by atoms with Crippen molar-refractivity contribution in [1.29, 1.82) is 0 Å². The van der Waals surface area contributed by atoms with Crippen LogP contribution < -0.4 is 11.1 Å². The Labute approximate surface area is 110 Å².